The molecule has 1 aromatic heterocycles. The van der Waals surface area contributed by atoms with Crippen LogP contribution in [0.25, 0.3) is 0 Å². The van der Waals surface area contributed by atoms with E-state index in [1.54, 1.807) is 6.07 Å². The maximum absolute atomic E-state index is 12.3. The second kappa shape index (κ2) is 6.91. The van der Waals surface area contributed by atoms with E-state index in [4.69, 9.17) is 5.26 Å². The fourth-order valence-corrected chi connectivity index (χ4v) is 3.63. The summed E-state index contributed by atoms with van der Waals surface area (Å²) in [6, 6.07) is 10.2. The first kappa shape index (κ1) is 16.9. The highest BCUT2D eigenvalue weighted by molar-refractivity contribution is 7.91. The Kier molecular flexibility index (Phi) is 4.67. The van der Waals surface area contributed by atoms with Gasteiger partial charge in [0.05, 0.1) is 11.3 Å². The summed E-state index contributed by atoms with van der Waals surface area (Å²) in [6.07, 6.45) is 2.37. The van der Waals surface area contributed by atoms with Crippen LogP contribution < -0.4 is 10.6 Å². The van der Waals surface area contributed by atoms with Gasteiger partial charge in [0, 0.05) is 30.5 Å². The van der Waals surface area contributed by atoms with Crippen molar-refractivity contribution in [3.05, 3.63) is 47.7 Å². The van der Waals surface area contributed by atoms with Gasteiger partial charge in [0.25, 0.3) is 0 Å². The van der Waals surface area contributed by atoms with E-state index in [0.29, 0.717) is 18.4 Å². The Morgan fingerprint density at radius 2 is 2.08 bits per heavy atom. The number of carbonyl (C=O) groups is 1. The number of aromatic nitrogens is 1. The van der Waals surface area contributed by atoms with Crippen LogP contribution in [-0.4, -0.2) is 31.6 Å². The highest BCUT2D eigenvalue weighted by Gasteiger charge is 2.17. The lowest BCUT2D eigenvalue weighted by Gasteiger charge is -2.18. The molecule has 0 radical (unpaired) electrons. The SMILES string of the molecule is N#Cc1ccc(S(=O)(=O)CCNc2ccc3c(c2)CCC(=O)N3)nc1. The van der Waals surface area contributed by atoms with Gasteiger partial charge in [-0.2, -0.15) is 5.26 Å². The Morgan fingerprint density at radius 1 is 1.24 bits per heavy atom. The summed E-state index contributed by atoms with van der Waals surface area (Å²) in [7, 11) is -3.52. The number of hydrogen-bond acceptors (Lipinski definition) is 6. The van der Waals surface area contributed by atoms with Gasteiger partial charge in [0.2, 0.25) is 5.91 Å². The average Bonchev–Trinajstić information content (AvgIpc) is 2.61. The zero-order chi connectivity index (χ0) is 17.9. The molecule has 0 fully saturated rings. The second-order valence-corrected chi connectivity index (χ2v) is 7.72. The molecule has 0 spiro atoms. The van der Waals surface area contributed by atoms with E-state index < -0.39 is 9.84 Å². The normalized spacial score (nSPS) is 13.5. The molecule has 1 aliphatic rings. The summed E-state index contributed by atoms with van der Waals surface area (Å²) in [4.78, 5) is 15.2. The van der Waals surface area contributed by atoms with Crippen molar-refractivity contribution in [3.63, 3.8) is 0 Å². The van der Waals surface area contributed by atoms with Gasteiger partial charge in [0.1, 0.15) is 6.07 Å². The fourth-order valence-electron chi connectivity index (χ4n) is 2.56. The topological polar surface area (TPSA) is 112 Å². The molecule has 0 atom stereocenters. The van der Waals surface area contributed by atoms with E-state index in [1.807, 2.05) is 18.2 Å². The number of nitrogens with one attached hydrogen (secondary N) is 2. The summed E-state index contributed by atoms with van der Waals surface area (Å²) >= 11 is 0. The number of rotatable bonds is 5. The zero-order valence-electron chi connectivity index (χ0n) is 13.3. The number of carbonyl (C=O) groups excluding carboxylic acids is 1. The van der Waals surface area contributed by atoms with Gasteiger partial charge in [0.15, 0.2) is 14.9 Å². The minimum Gasteiger partial charge on any atom is -0.384 e. The van der Waals surface area contributed by atoms with Crippen molar-refractivity contribution in [1.82, 2.24) is 4.98 Å². The number of nitriles is 1. The van der Waals surface area contributed by atoms with Crippen molar-refractivity contribution < 1.29 is 13.2 Å². The summed E-state index contributed by atoms with van der Waals surface area (Å²) in [5.41, 5.74) is 2.95. The second-order valence-electron chi connectivity index (χ2n) is 5.66. The van der Waals surface area contributed by atoms with Crippen LogP contribution in [0.5, 0.6) is 0 Å². The smallest absolute Gasteiger partial charge is 0.224 e. The third-order valence-corrected chi connectivity index (χ3v) is 5.51. The van der Waals surface area contributed by atoms with E-state index in [0.717, 1.165) is 16.9 Å². The predicted octanol–water partition coefficient (Wildman–Crippen LogP) is 1.72. The Bertz CT molecular complexity index is 947. The molecule has 0 unspecified atom stereocenters. The van der Waals surface area contributed by atoms with Crippen molar-refractivity contribution in [1.29, 1.82) is 5.26 Å². The monoisotopic (exact) mass is 356 g/mol. The fraction of sp³-hybridized carbons (Fsp3) is 0.235. The van der Waals surface area contributed by atoms with Crippen LogP contribution in [-0.2, 0) is 21.1 Å². The van der Waals surface area contributed by atoms with Gasteiger partial charge in [-0.1, -0.05) is 0 Å². The number of nitrogens with zero attached hydrogens (tertiary/aromatic N) is 2. The molecule has 1 aliphatic heterocycles. The van der Waals surface area contributed by atoms with Crippen molar-refractivity contribution in [2.24, 2.45) is 0 Å². The lowest BCUT2D eigenvalue weighted by atomic mass is 10.0. The number of amides is 1. The van der Waals surface area contributed by atoms with Gasteiger partial charge in [-0.25, -0.2) is 13.4 Å². The molecule has 2 aromatic rings. The molecule has 128 valence electrons. The first-order valence-corrected chi connectivity index (χ1v) is 9.39. The molecule has 25 heavy (non-hydrogen) atoms. The van der Waals surface area contributed by atoms with Crippen LogP contribution in [0, 0.1) is 11.3 Å². The Morgan fingerprint density at radius 3 is 2.80 bits per heavy atom. The standard InChI is InChI=1S/C17H16N4O3S/c18-10-12-1-6-17(20-11-12)25(23,24)8-7-19-14-3-4-15-13(9-14)2-5-16(22)21-15/h1,3-4,6,9,11,19H,2,5,7-8H2,(H,21,22). The molecule has 0 aliphatic carbocycles. The summed E-state index contributed by atoms with van der Waals surface area (Å²) in [5, 5.41) is 14.6. The molecule has 2 N–H and O–H groups in total. The maximum atomic E-state index is 12.3. The number of benzene rings is 1. The van der Waals surface area contributed by atoms with Crippen LogP contribution >= 0.6 is 0 Å². The van der Waals surface area contributed by atoms with E-state index in [2.05, 4.69) is 15.6 Å². The highest BCUT2D eigenvalue weighted by atomic mass is 32.2. The molecule has 1 aromatic carbocycles. The van der Waals surface area contributed by atoms with Crippen LogP contribution in [0.4, 0.5) is 11.4 Å². The van der Waals surface area contributed by atoms with Gasteiger partial charge >= 0.3 is 0 Å². The van der Waals surface area contributed by atoms with Crippen molar-refractivity contribution in [3.8, 4) is 6.07 Å². The van der Waals surface area contributed by atoms with E-state index in [9.17, 15) is 13.2 Å². The molecule has 2 heterocycles. The van der Waals surface area contributed by atoms with Crippen LogP contribution in [0.15, 0.2) is 41.6 Å². The molecule has 8 heteroatoms. The van der Waals surface area contributed by atoms with Gasteiger partial charge in [-0.15, -0.1) is 0 Å². The number of anilines is 2. The molecule has 0 saturated carbocycles. The van der Waals surface area contributed by atoms with Crippen molar-refractivity contribution in [2.75, 3.05) is 22.9 Å². The van der Waals surface area contributed by atoms with Gasteiger partial charge < -0.3 is 10.6 Å². The first-order chi connectivity index (χ1) is 12.0. The number of aryl methyl sites for hydroxylation is 1. The summed E-state index contributed by atoms with van der Waals surface area (Å²) < 4.78 is 24.5. The van der Waals surface area contributed by atoms with Gasteiger partial charge in [-0.05, 0) is 42.3 Å². The maximum Gasteiger partial charge on any atom is 0.224 e. The van der Waals surface area contributed by atoms with Crippen molar-refractivity contribution in [2.45, 2.75) is 17.9 Å². The third kappa shape index (κ3) is 3.95. The van der Waals surface area contributed by atoms with E-state index in [1.165, 1.54) is 18.3 Å². The van der Waals surface area contributed by atoms with Crippen LogP contribution in [0.1, 0.15) is 17.5 Å². The molecular weight excluding hydrogens is 340 g/mol. The molecule has 3 rings (SSSR count). The quantitative estimate of drug-likeness (QED) is 0.844. The molecule has 1 amide bonds. The number of sulfone groups is 1. The third-order valence-electron chi connectivity index (χ3n) is 3.88. The molecule has 0 saturated heterocycles. The Hall–Kier alpha value is -2.92. The van der Waals surface area contributed by atoms with Crippen LogP contribution in [0.3, 0.4) is 0 Å². The number of hydrogen-bond donors (Lipinski definition) is 2. The number of pyridine rings is 1. The predicted molar refractivity (Wildman–Crippen MR) is 92.9 cm³/mol. The Labute approximate surface area is 145 Å². The summed E-state index contributed by atoms with van der Waals surface area (Å²) in [6.45, 7) is 0.231. The highest BCUT2D eigenvalue weighted by Crippen LogP contribution is 2.25. The molecular formula is C17H16N4O3S. The lowest BCUT2D eigenvalue weighted by Crippen LogP contribution is -2.20. The summed E-state index contributed by atoms with van der Waals surface area (Å²) in [5.74, 6) is -0.103. The zero-order valence-corrected chi connectivity index (χ0v) is 14.1. The van der Waals surface area contributed by atoms with E-state index >= 15 is 0 Å². The largest absolute Gasteiger partial charge is 0.384 e. The van der Waals surface area contributed by atoms with Crippen molar-refractivity contribution >= 4 is 27.1 Å². The minimum atomic E-state index is -3.52. The molecule has 0 bridgehead atoms. The number of fused-ring (bicyclic) bond motifs is 1. The van der Waals surface area contributed by atoms with Crippen LogP contribution in [0.2, 0.25) is 0 Å². The minimum absolute atomic E-state index is 0.00854. The van der Waals surface area contributed by atoms with Gasteiger partial charge in [-0.3, -0.25) is 4.79 Å². The lowest BCUT2D eigenvalue weighted by molar-refractivity contribution is -0.116. The first-order valence-electron chi connectivity index (χ1n) is 7.73. The average molecular weight is 356 g/mol. The molecule has 7 nitrogen and oxygen atoms in total. The Balaban J connectivity index is 1.62. The van der Waals surface area contributed by atoms with E-state index in [-0.39, 0.29) is 23.2 Å².